The van der Waals surface area contributed by atoms with Gasteiger partial charge in [0, 0.05) is 11.9 Å². The number of ether oxygens (including phenoxy) is 1. The van der Waals surface area contributed by atoms with Gasteiger partial charge in [0.1, 0.15) is 18.0 Å². The van der Waals surface area contributed by atoms with Crippen molar-refractivity contribution in [3.63, 3.8) is 0 Å². The summed E-state index contributed by atoms with van der Waals surface area (Å²) >= 11 is 0. The number of aliphatic hydroxyl groups excluding tert-OH is 2. The Labute approximate surface area is 133 Å². The molecule has 22 heavy (non-hydrogen) atoms. The van der Waals surface area contributed by atoms with Crippen LogP contribution in [0.4, 0.5) is 0 Å². The molecule has 1 saturated heterocycles. The highest BCUT2D eigenvalue weighted by Gasteiger charge is 2.45. The average molecular weight is 326 g/mol. The lowest BCUT2D eigenvalue weighted by Crippen LogP contribution is -2.41. The first-order valence-corrected chi connectivity index (χ1v) is 10.6. The topological polar surface area (TPSA) is 65.3 Å². The van der Waals surface area contributed by atoms with Crippen molar-refractivity contribution in [1.29, 1.82) is 0 Å². The minimum Gasteiger partial charge on any atom is -0.388 e. The quantitative estimate of drug-likeness (QED) is 0.772. The highest BCUT2D eigenvalue weighted by molar-refractivity contribution is 7.72. The van der Waals surface area contributed by atoms with Crippen LogP contribution in [0, 0.1) is 0 Å². The number of rotatable bonds is 4. The molecule has 6 heteroatoms. The number of aliphatic imine (C=N–C) groups is 1. The van der Waals surface area contributed by atoms with Crippen LogP contribution in [0.2, 0.25) is 0 Å². The van der Waals surface area contributed by atoms with E-state index in [1.165, 1.54) is 0 Å². The minimum atomic E-state index is -1.18. The highest BCUT2D eigenvalue weighted by Crippen LogP contribution is 2.39. The van der Waals surface area contributed by atoms with E-state index in [-0.39, 0.29) is 6.10 Å². The molecule has 2 N–H and O–H groups in total. The van der Waals surface area contributed by atoms with Gasteiger partial charge in [-0.3, -0.25) is 0 Å². The van der Waals surface area contributed by atoms with Crippen LogP contribution in [0.5, 0.6) is 0 Å². The fraction of sp³-hybridized carbons (Fsp3) is 0.625. The zero-order valence-corrected chi connectivity index (χ0v) is 14.8. The first kappa shape index (κ1) is 17.5. The molecule has 5 nitrogen and oxygen atoms in total. The third-order valence-corrected chi connectivity index (χ3v) is 5.60. The second-order valence-corrected chi connectivity index (χ2v) is 11.1. The number of nitrogens with zero attached hydrogens (tertiary/aromatic N) is 2. The van der Waals surface area contributed by atoms with Crippen LogP contribution < -0.4 is 0 Å². The van der Waals surface area contributed by atoms with Crippen LogP contribution in [-0.2, 0) is 4.74 Å². The molecular weight excluding hydrogens is 299 g/mol. The maximum absolute atomic E-state index is 10.3. The zero-order chi connectivity index (χ0) is 16.7. The zero-order valence-electron chi connectivity index (χ0n) is 13.9. The molecule has 2 rings (SSSR count). The summed E-state index contributed by atoms with van der Waals surface area (Å²) in [5.74, 6) is 0.519. The van der Waals surface area contributed by atoms with E-state index < -0.39 is 25.3 Å². The predicted octanol–water partition coefficient (Wildman–Crippen LogP) is 1.68. The smallest absolute Gasteiger partial charge is 0.164 e. The first-order valence-electron chi connectivity index (χ1n) is 7.50. The second-order valence-electron chi connectivity index (χ2n) is 6.83. The van der Waals surface area contributed by atoms with Crippen molar-refractivity contribution in [2.45, 2.75) is 44.8 Å². The van der Waals surface area contributed by atoms with Gasteiger partial charge in [0.15, 0.2) is 6.23 Å². The van der Waals surface area contributed by atoms with Crippen molar-refractivity contribution in [1.82, 2.24) is 4.90 Å². The molecule has 0 amide bonds. The van der Waals surface area contributed by atoms with Crippen molar-refractivity contribution >= 4 is 18.9 Å². The second kappa shape index (κ2) is 6.32. The minimum absolute atomic E-state index is 0.380. The molecule has 0 aliphatic carbocycles. The van der Waals surface area contributed by atoms with Gasteiger partial charge in [-0.2, -0.15) is 0 Å². The molecule has 0 radical (unpaired) electrons. The number of hydrogen-bond donors (Lipinski definition) is 2. The molecule has 0 aromatic carbocycles. The van der Waals surface area contributed by atoms with Gasteiger partial charge in [-0.25, -0.2) is 4.99 Å². The molecule has 0 saturated carbocycles. The van der Waals surface area contributed by atoms with E-state index in [2.05, 4.69) is 31.2 Å². The van der Waals surface area contributed by atoms with E-state index in [1.54, 1.807) is 4.90 Å². The number of allylic oxidation sites excluding steroid dienone is 1. The summed E-state index contributed by atoms with van der Waals surface area (Å²) in [5, 5.41) is 20.6. The highest BCUT2D eigenvalue weighted by atomic mass is 31.2. The van der Waals surface area contributed by atoms with E-state index in [4.69, 9.17) is 4.74 Å². The molecule has 1 fully saturated rings. The predicted molar refractivity (Wildman–Crippen MR) is 93.9 cm³/mol. The van der Waals surface area contributed by atoms with Crippen molar-refractivity contribution in [3.8, 4) is 0 Å². The van der Waals surface area contributed by atoms with Crippen LogP contribution >= 0.6 is 6.89 Å². The van der Waals surface area contributed by atoms with E-state index >= 15 is 0 Å². The van der Waals surface area contributed by atoms with Crippen molar-refractivity contribution < 1.29 is 14.9 Å². The largest absolute Gasteiger partial charge is 0.388 e. The summed E-state index contributed by atoms with van der Waals surface area (Å²) in [4.78, 5) is 6.07. The third kappa shape index (κ3) is 3.72. The first-order chi connectivity index (χ1) is 10.1. The van der Waals surface area contributed by atoms with Crippen LogP contribution in [0.15, 0.2) is 29.2 Å². The van der Waals surface area contributed by atoms with E-state index in [0.29, 0.717) is 12.2 Å². The molecule has 0 bridgehead atoms. The molecule has 0 aromatic rings. The lowest BCUT2D eigenvalue weighted by molar-refractivity contribution is -0.0580. The van der Waals surface area contributed by atoms with Gasteiger partial charge in [-0.1, -0.05) is 6.58 Å². The summed E-state index contributed by atoms with van der Waals surface area (Å²) in [7, 11) is 0. The van der Waals surface area contributed by atoms with Gasteiger partial charge < -0.3 is 19.8 Å². The Balaban J connectivity index is 2.10. The van der Waals surface area contributed by atoms with Crippen LogP contribution in [0.3, 0.4) is 0 Å². The Morgan fingerprint density at radius 1 is 1.32 bits per heavy atom. The van der Waals surface area contributed by atoms with Crippen molar-refractivity contribution in [3.05, 3.63) is 24.2 Å². The summed E-state index contributed by atoms with van der Waals surface area (Å²) in [6.07, 6.45) is 4.75. The SMILES string of the molecule is C=C1N=C(C)C(C)=CN1[C@@H]1O[C@H](CCP(=C)(C)C)[C@@H](O)[C@H]1O. The van der Waals surface area contributed by atoms with Gasteiger partial charge in [0.05, 0.1) is 6.10 Å². The lowest BCUT2D eigenvalue weighted by atomic mass is 10.1. The molecule has 0 aromatic heterocycles. The fourth-order valence-corrected chi connectivity index (χ4v) is 3.56. The van der Waals surface area contributed by atoms with E-state index in [1.807, 2.05) is 20.0 Å². The Morgan fingerprint density at radius 3 is 2.55 bits per heavy atom. The monoisotopic (exact) mass is 326 g/mol. The maximum atomic E-state index is 10.3. The average Bonchev–Trinajstić information content (AvgIpc) is 2.68. The molecule has 2 heterocycles. The van der Waals surface area contributed by atoms with Crippen LogP contribution in [0.1, 0.15) is 20.3 Å². The van der Waals surface area contributed by atoms with Gasteiger partial charge >= 0.3 is 0 Å². The summed E-state index contributed by atoms with van der Waals surface area (Å²) in [5.41, 5.74) is 1.89. The van der Waals surface area contributed by atoms with E-state index in [0.717, 1.165) is 17.4 Å². The van der Waals surface area contributed by atoms with Crippen molar-refractivity contribution in [2.24, 2.45) is 4.99 Å². The molecule has 0 unspecified atom stereocenters. The fourth-order valence-electron chi connectivity index (χ4n) is 2.61. The van der Waals surface area contributed by atoms with Gasteiger partial charge in [-0.05, 0) is 45.3 Å². The van der Waals surface area contributed by atoms with E-state index in [9.17, 15) is 10.2 Å². The van der Waals surface area contributed by atoms with Gasteiger partial charge in [0.2, 0.25) is 0 Å². The number of hydrogen-bond acceptors (Lipinski definition) is 5. The summed E-state index contributed by atoms with van der Waals surface area (Å²) in [6.45, 7) is 10.9. The Hall–Kier alpha value is -0.870. The Bertz CT molecular complexity index is 564. The van der Waals surface area contributed by atoms with Gasteiger partial charge in [0.25, 0.3) is 0 Å². The molecule has 124 valence electrons. The Morgan fingerprint density at radius 2 is 1.95 bits per heavy atom. The molecular formula is C16H27N2O3P. The van der Waals surface area contributed by atoms with Crippen LogP contribution in [-0.4, -0.2) is 71.2 Å². The summed E-state index contributed by atoms with van der Waals surface area (Å²) in [6, 6.07) is 0. The lowest BCUT2D eigenvalue weighted by Gasteiger charge is -2.32. The standard InChI is InChI=1S/C16H27N2O3P/c1-10-9-18(12(3)17-11(10)2)16-15(20)14(19)13(21-16)7-8-22(4,5)6/h9,13-16,19-20H,3-4,7-8H2,1-2,5-6H3/t13-,14-,15-,16-/m1/s1. The molecule has 2 aliphatic heterocycles. The summed E-state index contributed by atoms with van der Waals surface area (Å²) < 4.78 is 5.92. The molecule has 4 atom stereocenters. The maximum Gasteiger partial charge on any atom is 0.164 e. The molecule has 2 aliphatic rings. The van der Waals surface area contributed by atoms with Crippen LogP contribution in [0.25, 0.3) is 0 Å². The molecule has 0 spiro atoms. The third-order valence-electron chi connectivity index (χ3n) is 4.13. The number of aliphatic hydroxyl groups is 2. The normalized spacial score (nSPS) is 33.0. The van der Waals surface area contributed by atoms with Gasteiger partial charge in [-0.15, -0.1) is 13.2 Å². The Kier molecular flexibility index (Phi) is 5.03. The van der Waals surface area contributed by atoms with Crippen molar-refractivity contribution in [2.75, 3.05) is 19.5 Å².